The molecule has 2 aromatic carbocycles. The van der Waals surface area contributed by atoms with Crippen molar-refractivity contribution in [1.82, 2.24) is 20.2 Å². The van der Waals surface area contributed by atoms with Crippen molar-refractivity contribution < 1.29 is 14.1 Å². The van der Waals surface area contributed by atoms with Crippen LogP contribution < -0.4 is 4.74 Å². The zero-order valence-electron chi connectivity index (χ0n) is 14.8. The second-order valence-corrected chi connectivity index (χ2v) is 6.71. The van der Waals surface area contributed by atoms with Crippen molar-refractivity contribution in [3.63, 3.8) is 0 Å². The molecular weight excluding hydrogens is 382 g/mol. The average molecular weight is 397 g/mol. The van der Waals surface area contributed by atoms with Crippen LogP contribution in [-0.2, 0) is 5.75 Å². The zero-order valence-corrected chi connectivity index (χ0v) is 15.6. The topological polar surface area (TPSA) is 120 Å². The first-order valence-corrected chi connectivity index (χ1v) is 9.43. The van der Waals surface area contributed by atoms with E-state index in [9.17, 15) is 10.1 Å². The lowest BCUT2D eigenvalue weighted by Gasteiger charge is -2.00. The van der Waals surface area contributed by atoms with Gasteiger partial charge in [0.15, 0.2) is 5.16 Å². The molecule has 1 N–H and O–H groups in total. The number of H-pyrrole nitrogens is 1. The van der Waals surface area contributed by atoms with Gasteiger partial charge in [-0.15, -0.1) is 10.2 Å². The predicted octanol–water partition coefficient (Wildman–Crippen LogP) is 4.21. The molecule has 0 aliphatic heterocycles. The minimum Gasteiger partial charge on any atom is -0.494 e. The number of hydrogen-bond donors (Lipinski definition) is 1. The Bertz CT molecular complexity index is 1120. The Labute approximate surface area is 163 Å². The number of thioether (sulfide) groups is 1. The van der Waals surface area contributed by atoms with Crippen molar-refractivity contribution in [2.75, 3.05) is 6.61 Å². The van der Waals surface area contributed by atoms with Crippen LogP contribution >= 0.6 is 11.8 Å². The predicted molar refractivity (Wildman–Crippen MR) is 103 cm³/mol. The molecule has 28 heavy (non-hydrogen) atoms. The molecule has 2 aromatic heterocycles. The van der Waals surface area contributed by atoms with Gasteiger partial charge in [-0.3, -0.25) is 10.1 Å². The monoisotopic (exact) mass is 397 g/mol. The van der Waals surface area contributed by atoms with E-state index in [1.165, 1.54) is 23.9 Å². The molecule has 0 spiro atoms. The number of imidazole rings is 1. The average Bonchev–Trinajstić information content (AvgIpc) is 3.33. The molecular formula is C18H15N5O4S. The van der Waals surface area contributed by atoms with E-state index in [2.05, 4.69) is 20.2 Å². The summed E-state index contributed by atoms with van der Waals surface area (Å²) in [6.07, 6.45) is 0. The van der Waals surface area contributed by atoms with E-state index in [0.29, 0.717) is 29.7 Å². The normalized spacial score (nSPS) is 11.0. The van der Waals surface area contributed by atoms with Gasteiger partial charge in [-0.05, 0) is 31.2 Å². The summed E-state index contributed by atoms with van der Waals surface area (Å²) in [5.41, 5.74) is 2.38. The molecule has 0 amide bonds. The Morgan fingerprint density at radius 2 is 2.04 bits per heavy atom. The fourth-order valence-corrected chi connectivity index (χ4v) is 3.30. The maximum Gasteiger partial charge on any atom is 0.269 e. The number of ether oxygens (including phenoxy) is 1. The van der Waals surface area contributed by atoms with Gasteiger partial charge in [-0.2, -0.15) is 0 Å². The number of nitrogens with one attached hydrogen (secondary N) is 1. The van der Waals surface area contributed by atoms with Gasteiger partial charge in [-0.1, -0.05) is 11.8 Å². The number of hydrogen-bond acceptors (Lipinski definition) is 8. The van der Waals surface area contributed by atoms with Crippen molar-refractivity contribution in [3.05, 3.63) is 58.5 Å². The molecule has 0 bridgehead atoms. The van der Waals surface area contributed by atoms with Gasteiger partial charge in [0.1, 0.15) is 5.75 Å². The summed E-state index contributed by atoms with van der Waals surface area (Å²) in [5, 5.41) is 19.5. The zero-order chi connectivity index (χ0) is 19.5. The Kier molecular flexibility index (Phi) is 4.94. The lowest BCUT2D eigenvalue weighted by Crippen LogP contribution is -1.90. The third-order valence-electron chi connectivity index (χ3n) is 3.87. The highest BCUT2D eigenvalue weighted by atomic mass is 32.2. The Morgan fingerprint density at radius 3 is 2.79 bits per heavy atom. The Morgan fingerprint density at radius 1 is 1.21 bits per heavy atom. The van der Waals surface area contributed by atoms with Crippen LogP contribution in [0.5, 0.6) is 5.75 Å². The SMILES string of the molecule is CCOc1ccc2nc(SCc3nnc(-c4ccc([N+](=O)[O-])cc4)o3)[nH]c2c1. The van der Waals surface area contributed by atoms with E-state index in [-0.39, 0.29) is 5.69 Å². The smallest absolute Gasteiger partial charge is 0.269 e. The van der Waals surface area contributed by atoms with Crippen molar-refractivity contribution in [2.24, 2.45) is 0 Å². The Hall–Kier alpha value is -3.40. The summed E-state index contributed by atoms with van der Waals surface area (Å²) in [5.74, 6) is 1.99. The van der Waals surface area contributed by atoms with E-state index >= 15 is 0 Å². The first-order chi connectivity index (χ1) is 13.6. The number of rotatable bonds is 7. The minimum absolute atomic E-state index is 0.0106. The molecule has 4 rings (SSSR count). The second kappa shape index (κ2) is 7.69. The summed E-state index contributed by atoms with van der Waals surface area (Å²) >= 11 is 1.44. The molecule has 142 valence electrons. The van der Waals surface area contributed by atoms with E-state index in [1.807, 2.05) is 25.1 Å². The van der Waals surface area contributed by atoms with Gasteiger partial charge in [0, 0.05) is 23.8 Å². The van der Waals surface area contributed by atoms with Gasteiger partial charge in [0.25, 0.3) is 5.69 Å². The van der Waals surface area contributed by atoms with Crippen LogP contribution in [0.4, 0.5) is 5.69 Å². The first-order valence-electron chi connectivity index (χ1n) is 8.45. The second-order valence-electron chi connectivity index (χ2n) is 5.75. The summed E-state index contributed by atoms with van der Waals surface area (Å²) < 4.78 is 11.1. The molecule has 0 atom stereocenters. The van der Waals surface area contributed by atoms with Crippen LogP contribution in [0.25, 0.3) is 22.5 Å². The molecule has 10 heteroatoms. The summed E-state index contributed by atoms with van der Waals surface area (Å²) in [6.45, 7) is 2.54. The quantitative estimate of drug-likeness (QED) is 0.280. The van der Waals surface area contributed by atoms with Crippen LogP contribution in [0, 0.1) is 10.1 Å². The van der Waals surface area contributed by atoms with Crippen molar-refractivity contribution in [3.8, 4) is 17.2 Å². The fraction of sp³-hybridized carbons (Fsp3) is 0.167. The van der Waals surface area contributed by atoms with Crippen LogP contribution in [0.2, 0.25) is 0 Å². The summed E-state index contributed by atoms with van der Waals surface area (Å²) in [6, 6.07) is 11.7. The molecule has 0 saturated heterocycles. The molecule has 0 aliphatic rings. The van der Waals surface area contributed by atoms with Gasteiger partial charge in [-0.25, -0.2) is 4.98 Å². The number of nitro benzene ring substituents is 1. The van der Waals surface area contributed by atoms with E-state index in [0.717, 1.165) is 21.9 Å². The number of nitro groups is 1. The number of benzene rings is 2. The highest BCUT2D eigenvalue weighted by Crippen LogP contribution is 2.27. The van der Waals surface area contributed by atoms with Crippen LogP contribution in [0.1, 0.15) is 12.8 Å². The highest BCUT2D eigenvalue weighted by Gasteiger charge is 2.12. The molecule has 0 radical (unpaired) electrons. The van der Waals surface area contributed by atoms with Crippen molar-refractivity contribution in [2.45, 2.75) is 17.8 Å². The number of nitrogens with zero attached hydrogens (tertiary/aromatic N) is 4. The van der Waals surface area contributed by atoms with Gasteiger partial charge >= 0.3 is 0 Å². The Balaban J connectivity index is 1.44. The molecule has 0 fully saturated rings. The van der Waals surface area contributed by atoms with E-state index in [4.69, 9.17) is 9.15 Å². The minimum atomic E-state index is -0.454. The molecule has 0 unspecified atom stereocenters. The molecule has 2 heterocycles. The van der Waals surface area contributed by atoms with E-state index in [1.54, 1.807) is 12.1 Å². The lowest BCUT2D eigenvalue weighted by molar-refractivity contribution is -0.384. The van der Waals surface area contributed by atoms with Gasteiger partial charge in [0.2, 0.25) is 11.8 Å². The standard InChI is InChI=1S/C18H15N5O4S/c1-2-26-13-7-8-14-15(9-13)20-18(19-14)28-10-16-21-22-17(27-16)11-3-5-12(6-4-11)23(24)25/h3-9H,2,10H2,1H3,(H,19,20). The lowest BCUT2D eigenvalue weighted by atomic mass is 10.2. The van der Waals surface area contributed by atoms with Crippen molar-refractivity contribution >= 4 is 28.5 Å². The first kappa shape index (κ1) is 18.0. The molecule has 4 aromatic rings. The fourth-order valence-electron chi connectivity index (χ4n) is 2.57. The van der Waals surface area contributed by atoms with Crippen LogP contribution in [-0.4, -0.2) is 31.7 Å². The van der Waals surface area contributed by atoms with E-state index < -0.39 is 4.92 Å². The van der Waals surface area contributed by atoms with Crippen LogP contribution in [0.3, 0.4) is 0 Å². The molecule has 0 aliphatic carbocycles. The maximum atomic E-state index is 10.7. The third kappa shape index (κ3) is 3.81. The van der Waals surface area contributed by atoms with Gasteiger partial charge in [0.05, 0.1) is 28.3 Å². The number of non-ortho nitro benzene ring substituents is 1. The molecule has 0 saturated carbocycles. The summed E-state index contributed by atoms with van der Waals surface area (Å²) in [7, 11) is 0. The van der Waals surface area contributed by atoms with Crippen molar-refractivity contribution in [1.29, 1.82) is 0 Å². The number of fused-ring (bicyclic) bond motifs is 1. The highest BCUT2D eigenvalue weighted by molar-refractivity contribution is 7.98. The van der Waals surface area contributed by atoms with Crippen LogP contribution in [0.15, 0.2) is 52.0 Å². The third-order valence-corrected chi connectivity index (χ3v) is 4.72. The maximum absolute atomic E-state index is 10.7. The number of aromatic amines is 1. The largest absolute Gasteiger partial charge is 0.494 e. The number of aromatic nitrogens is 4. The molecule has 9 nitrogen and oxygen atoms in total. The summed E-state index contributed by atoms with van der Waals surface area (Å²) in [4.78, 5) is 18.0. The van der Waals surface area contributed by atoms with Gasteiger partial charge < -0.3 is 14.1 Å².